The molecule has 1 N–H and O–H groups in total. The number of nitrogens with one attached hydrogen (secondary N) is 1. The third kappa shape index (κ3) is 2.16. The van der Waals surface area contributed by atoms with Crippen molar-refractivity contribution in [3.63, 3.8) is 0 Å². The van der Waals surface area contributed by atoms with E-state index in [0.717, 1.165) is 29.5 Å². The van der Waals surface area contributed by atoms with Crippen molar-refractivity contribution < 1.29 is 4.74 Å². The van der Waals surface area contributed by atoms with Crippen LogP contribution < -0.4 is 10.1 Å². The Kier molecular flexibility index (Phi) is 3.11. The molecule has 18 heavy (non-hydrogen) atoms. The molecule has 2 aromatic carbocycles. The zero-order chi connectivity index (χ0) is 12.4. The van der Waals surface area contributed by atoms with Gasteiger partial charge in [-0.25, -0.2) is 0 Å². The fraction of sp³-hybridized carbons (Fsp3) is 0.200. The first kappa shape index (κ1) is 11.4. The van der Waals surface area contributed by atoms with Crippen LogP contribution in [0, 0.1) is 0 Å². The lowest BCUT2D eigenvalue weighted by Gasteiger charge is -2.27. The molecule has 0 amide bonds. The fourth-order valence-corrected chi connectivity index (χ4v) is 2.45. The molecule has 1 atom stereocenters. The third-order valence-electron chi connectivity index (χ3n) is 3.16. The van der Waals surface area contributed by atoms with Crippen LogP contribution in [-0.4, -0.2) is 6.61 Å². The molecule has 3 rings (SSSR count). The monoisotopic (exact) mass is 259 g/mol. The molecule has 2 nitrogen and oxygen atoms in total. The number of benzene rings is 2. The van der Waals surface area contributed by atoms with Gasteiger partial charge in [-0.05, 0) is 18.2 Å². The zero-order valence-electron chi connectivity index (χ0n) is 9.90. The Morgan fingerprint density at radius 2 is 1.83 bits per heavy atom. The van der Waals surface area contributed by atoms with E-state index < -0.39 is 0 Å². The second kappa shape index (κ2) is 4.91. The Bertz CT molecular complexity index is 556. The molecule has 1 aliphatic heterocycles. The molecule has 0 bridgehead atoms. The normalized spacial score (nSPS) is 17.7. The van der Waals surface area contributed by atoms with Crippen LogP contribution in [0.15, 0.2) is 48.5 Å². The first-order chi connectivity index (χ1) is 8.84. The van der Waals surface area contributed by atoms with Gasteiger partial charge in [0.25, 0.3) is 0 Å². The second-order valence-electron chi connectivity index (χ2n) is 4.35. The smallest absolute Gasteiger partial charge is 0.124 e. The van der Waals surface area contributed by atoms with E-state index in [-0.39, 0.29) is 6.04 Å². The van der Waals surface area contributed by atoms with Crippen molar-refractivity contribution in [3.8, 4) is 5.75 Å². The number of anilines is 1. The minimum atomic E-state index is 0.259. The van der Waals surface area contributed by atoms with Crippen LogP contribution in [0.5, 0.6) is 5.75 Å². The molecule has 0 saturated carbocycles. The van der Waals surface area contributed by atoms with Crippen LogP contribution in [0.3, 0.4) is 0 Å². The Hall–Kier alpha value is -1.67. The van der Waals surface area contributed by atoms with E-state index >= 15 is 0 Å². The van der Waals surface area contributed by atoms with Crippen molar-refractivity contribution in [2.24, 2.45) is 0 Å². The molecule has 0 saturated heterocycles. The maximum atomic E-state index is 6.18. The van der Waals surface area contributed by atoms with E-state index in [9.17, 15) is 0 Å². The Balaban J connectivity index is 1.89. The minimum Gasteiger partial charge on any atom is -0.493 e. The van der Waals surface area contributed by atoms with Gasteiger partial charge in [-0.2, -0.15) is 0 Å². The van der Waals surface area contributed by atoms with Gasteiger partial charge in [0.2, 0.25) is 0 Å². The molecule has 2 aromatic rings. The molecule has 92 valence electrons. The number of rotatable bonds is 2. The topological polar surface area (TPSA) is 21.3 Å². The van der Waals surface area contributed by atoms with Crippen molar-refractivity contribution >= 4 is 17.3 Å². The molecular weight excluding hydrogens is 246 g/mol. The molecular formula is C15H14ClNO. The first-order valence-corrected chi connectivity index (χ1v) is 6.45. The summed E-state index contributed by atoms with van der Waals surface area (Å²) in [6, 6.07) is 16.2. The first-order valence-electron chi connectivity index (χ1n) is 6.07. The standard InChI is InChI=1S/C15H14ClNO/c16-12-6-2-3-7-14(12)17-13-9-10-18-15-8-4-1-5-11(13)15/h1-8,13,17H,9-10H2. The summed E-state index contributed by atoms with van der Waals surface area (Å²) in [5.41, 5.74) is 2.17. The Morgan fingerprint density at radius 3 is 2.72 bits per heavy atom. The van der Waals surface area contributed by atoms with Gasteiger partial charge in [0.1, 0.15) is 5.75 Å². The zero-order valence-corrected chi connectivity index (χ0v) is 10.7. The van der Waals surface area contributed by atoms with Crippen LogP contribution in [0.2, 0.25) is 5.02 Å². The average Bonchev–Trinajstić information content (AvgIpc) is 2.42. The number of hydrogen-bond donors (Lipinski definition) is 1. The summed E-state index contributed by atoms with van der Waals surface area (Å²) in [6.45, 7) is 0.735. The summed E-state index contributed by atoms with van der Waals surface area (Å²) in [7, 11) is 0. The summed E-state index contributed by atoms with van der Waals surface area (Å²) in [4.78, 5) is 0. The van der Waals surface area contributed by atoms with E-state index in [0.29, 0.717) is 0 Å². The van der Waals surface area contributed by atoms with E-state index in [1.807, 2.05) is 42.5 Å². The lowest BCUT2D eigenvalue weighted by Crippen LogP contribution is -2.20. The highest BCUT2D eigenvalue weighted by molar-refractivity contribution is 6.33. The molecule has 0 fully saturated rings. The highest BCUT2D eigenvalue weighted by atomic mass is 35.5. The third-order valence-corrected chi connectivity index (χ3v) is 3.49. The summed E-state index contributed by atoms with van der Waals surface area (Å²) in [5.74, 6) is 0.966. The number of hydrogen-bond acceptors (Lipinski definition) is 2. The van der Waals surface area contributed by atoms with E-state index in [2.05, 4.69) is 11.4 Å². The second-order valence-corrected chi connectivity index (χ2v) is 4.76. The van der Waals surface area contributed by atoms with Crippen LogP contribution in [0.25, 0.3) is 0 Å². The predicted octanol–water partition coefficient (Wildman–Crippen LogP) is 4.28. The van der Waals surface area contributed by atoms with Crippen molar-refractivity contribution in [1.82, 2.24) is 0 Å². The molecule has 0 spiro atoms. The largest absolute Gasteiger partial charge is 0.493 e. The van der Waals surface area contributed by atoms with Gasteiger partial charge in [-0.1, -0.05) is 41.9 Å². The molecule has 3 heteroatoms. The summed E-state index contributed by atoms with van der Waals surface area (Å²) in [6.07, 6.45) is 0.947. The summed E-state index contributed by atoms with van der Waals surface area (Å²) >= 11 is 6.18. The van der Waals surface area contributed by atoms with Crippen LogP contribution in [-0.2, 0) is 0 Å². The Labute approximate surface area is 112 Å². The SMILES string of the molecule is Clc1ccccc1NC1CCOc2ccccc21. The summed E-state index contributed by atoms with van der Waals surface area (Å²) in [5, 5.41) is 4.24. The quantitative estimate of drug-likeness (QED) is 0.869. The van der Waals surface area contributed by atoms with Gasteiger partial charge < -0.3 is 10.1 Å². The van der Waals surface area contributed by atoms with Gasteiger partial charge in [-0.15, -0.1) is 0 Å². The lowest BCUT2D eigenvalue weighted by molar-refractivity contribution is 0.274. The lowest BCUT2D eigenvalue weighted by atomic mass is 10.0. The molecule has 1 aliphatic rings. The van der Waals surface area contributed by atoms with Crippen molar-refractivity contribution in [2.45, 2.75) is 12.5 Å². The number of para-hydroxylation sites is 2. The molecule has 0 radical (unpaired) electrons. The van der Waals surface area contributed by atoms with Gasteiger partial charge in [0.05, 0.1) is 23.4 Å². The van der Waals surface area contributed by atoms with E-state index in [4.69, 9.17) is 16.3 Å². The number of fused-ring (bicyclic) bond motifs is 1. The molecule has 1 heterocycles. The van der Waals surface area contributed by atoms with Gasteiger partial charge >= 0.3 is 0 Å². The fourth-order valence-electron chi connectivity index (χ4n) is 2.26. The summed E-state index contributed by atoms with van der Waals surface area (Å²) < 4.78 is 5.65. The van der Waals surface area contributed by atoms with Crippen LogP contribution >= 0.6 is 11.6 Å². The van der Waals surface area contributed by atoms with Gasteiger partial charge in [0, 0.05) is 12.0 Å². The number of ether oxygens (including phenoxy) is 1. The maximum absolute atomic E-state index is 6.18. The highest BCUT2D eigenvalue weighted by Crippen LogP contribution is 2.35. The van der Waals surface area contributed by atoms with E-state index in [1.165, 1.54) is 5.56 Å². The predicted molar refractivity (Wildman–Crippen MR) is 74.4 cm³/mol. The van der Waals surface area contributed by atoms with Crippen LogP contribution in [0.4, 0.5) is 5.69 Å². The maximum Gasteiger partial charge on any atom is 0.124 e. The Morgan fingerprint density at radius 1 is 1.06 bits per heavy atom. The van der Waals surface area contributed by atoms with Crippen molar-refractivity contribution in [1.29, 1.82) is 0 Å². The highest BCUT2D eigenvalue weighted by Gasteiger charge is 2.21. The van der Waals surface area contributed by atoms with Gasteiger partial charge in [0.15, 0.2) is 0 Å². The molecule has 0 aromatic heterocycles. The van der Waals surface area contributed by atoms with Crippen molar-refractivity contribution in [2.75, 3.05) is 11.9 Å². The van der Waals surface area contributed by atoms with Gasteiger partial charge in [-0.3, -0.25) is 0 Å². The molecule has 1 unspecified atom stereocenters. The van der Waals surface area contributed by atoms with E-state index in [1.54, 1.807) is 0 Å². The van der Waals surface area contributed by atoms with Crippen LogP contribution in [0.1, 0.15) is 18.0 Å². The minimum absolute atomic E-state index is 0.259. The molecule has 0 aliphatic carbocycles. The van der Waals surface area contributed by atoms with Crippen molar-refractivity contribution in [3.05, 3.63) is 59.1 Å². The average molecular weight is 260 g/mol. The number of halogens is 1.